The number of aryl methyl sites for hydroxylation is 1. The number of piperidine rings is 1. The van der Waals surface area contributed by atoms with Gasteiger partial charge in [0.1, 0.15) is 12.2 Å². The van der Waals surface area contributed by atoms with Crippen molar-refractivity contribution in [3.8, 4) is 0 Å². The lowest BCUT2D eigenvalue weighted by Crippen LogP contribution is -2.39. The molecule has 1 aromatic carbocycles. The number of aromatic amines is 2. The quantitative estimate of drug-likeness (QED) is 0.754. The minimum absolute atomic E-state index is 0.0619. The zero-order valence-corrected chi connectivity index (χ0v) is 14.0. The zero-order chi connectivity index (χ0) is 17.4. The van der Waals surface area contributed by atoms with E-state index in [1.165, 1.54) is 0 Å². The molecule has 1 fully saturated rings. The summed E-state index contributed by atoms with van der Waals surface area (Å²) in [5.74, 6) is 1.06. The van der Waals surface area contributed by atoms with Gasteiger partial charge in [-0.2, -0.15) is 0 Å². The van der Waals surface area contributed by atoms with Gasteiger partial charge in [-0.3, -0.25) is 4.79 Å². The molecule has 1 saturated heterocycles. The normalized spacial score (nSPS) is 18.0. The van der Waals surface area contributed by atoms with E-state index in [4.69, 9.17) is 0 Å². The van der Waals surface area contributed by atoms with E-state index in [1.54, 1.807) is 24.5 Å². The Morgan fingerprint density at radius 1 is 1.36 bits per heavy atom. The molecule has 1 atom stereocenters. The monoisotopic (exact) mass is 340 g/mol. The molecule has 1 amide bonds. The number of fused-ring (bicyclic) bond motifs is 1. The first kappa shape index (κ1) is 15.6. The number of amides is 1. The number of rotatable bonds is 3. The number of carbonyl (C=O) groups is 1. The van der Waals surface area contributed by atoms with Crippen LogP contribution in [0.25, 0.3) is 11.0 Å². The van der Waals surface area contributed by atoms with Crippen LogP contribution in [0.4, 0.5) is 0 Å². The van der Waals surface area contributed by atoms with Crippen molar-refractivity contribution in [2.45, 2.75) is 32.2 Å². The average Bonchev–Trinajstić information content (AvgIpc) is 3.26. The van der Waals surface area contributed by atoms with Crippen molar-refractivity contribution in [3.63, 3.8) is 0 Å². The van der Waals surface area contributed by atoms with E-state index in [0.717, 1.165) is 25.2 Å². The van der Waals surface area contributed by atoms with Crippen molar-refractivity contribution in [1.82, 2.24) is 29.6 Å². The molecule has 3 heterocycles. The van der Waals surface area contributed by atoms with Gasteiger partial charge in [-0.1, -0.05) is 6.07 Å². The molecule has 2 N–H and O–H groups in total. The van der Waals surface area contributed by atoms with Crippen molar-refractivity contribution in [2.75, 3.05) is 13.1 Å². The van der Waals surface area contributed by atoms with Crippen LogP contribution in [0.5, 0.6) is 0 Å². The summed E-state index contributed by atoms with van der Waals surface area (Å²) in [6.45, 7) is 4.20. The predicted octanol–water partition coefficient (Wildman–Crippen LogP) is 1.49. The molecule has 25 heavy (non-hydrogen) atoms. The molecule has 1 aliphatic heterocycles. The van der Waals surface area contributed by atoms with Crippen LogP contribution >= 0.6 is 0 Å². The first-order valence-electron chi connectivity index (χ1n) is 8.55. The molecule has 8 heteroatoms. The van der Waals surface area contributed by atoms with Gasteiger partial charge in [-0.15, -0.1) is 10.2 Å². The summed E-state index contributed by atoms with van der Waals surface area (Å²) in [6, 6.07) is 5.33. The smallest absolute Gasteiger partial charge is 0.323 e. The van der Waals surface area contributed by atoms with E-state index in [2.05, 4.69) is 27.1 Å². The fourth-order valence-electron chi connectivity index (χ4n) is 3.60. The van der Waals surface area contributed by atoms with Crippen molar-refractivity contribution < 1.29 is 4.79 Å². The molecule has 2 aromatic heterocycles. The summed E-state index contributed by atoms with van der Waals surface area (Å²) >= 11 is 0. The Labute approximate surface area is 143 Å². The molecular formula is C17H20N6O2. The van der Waals surface area contributed by atoms with Crippen LogP contribution in [0.1, 0.15) is 41.9 Å². The van der Waals surface area contributed by atoms with Gasteiger partial charge in [0.25, 0.3) is 5.91 Å². The standard InChI is InChI=1S/C17H20N6O2/c1-2-22-10-18-21-15(22)11-5-4-8-23(9-11)16(24)12-6-3-7-13-14(12)20-17(25)19-13/h3,6-7,10-11H,2,4-5,8-9H2,1H3,(H2,19,20,25). The molecule has 0 spiro atoms. The maximum atomic E-state index is 13.0. The largest absolute Gasteiger partial charge is 0.338 e. The molecule has 3 aromatic rings. The van der Waals surface area contributed by atoms with Gasteiger partial charge in [0, 0.05) is 25.6 Å². The highest BCUT2D eigenvalue weighted by atomic mass is 16.2. The number of nitrogens with one attached hydrogen (secondary N) is 2. The lowest BCUT2D eigenvalue weighted by atomic mass is 9.96. The van der Waals surface area contributed by atoms with E-state index < -0.39 is 0 Å². The number of likely N-dealkylation sites (tertiary alicyclic amines) is 1. The molecule has 0 aliphatic carbocycles. The number of benzene rings is 1. The average molecular weight is 340 g/mol. The third-order valence-corrected chi connectivity index (χ3v) is 4.84. The number of imidazole rings is 1. The van der Waals surface area contributed by atoms with Gasteiger partial charge in [0.05, 0.1) is 16.6 Å². The molecule has 0 bridgehead atoms. The first-order valence-corrected chi connectivity index (χ1v) is 8.55. The Hall–Kier alpha value is -2.90. The third-order valence-electron chi connectivity index (χ3n) is 4.84. The van der Waals surface area contributed by atoms with Crippen LogP contribution in [-0.4, -0.2) is 48.6 Å². The summed E-state index contributed by atoms with van der Waals surface area (Å²) in [7, 11) is 0. The van der Waals surface area contributed by atoms with Crippen LogP contribution in [0, 0.1) is 0 Å². The topological polar surface area (TPSA) is 99.7 Å². The summed E-state index contributed by atoms with van der Waals surface area (Å²) in [5.41, 5.74) is 1.43. The van der Waals surface area contributed by atoms with Gasteiger partial charge >= 0.3 is 5.69 Å². The number of H-pyrrole nitrogens is 2. The minimum Gasteiger partial charge on any atom is -0.338 e. The van der Waals surface area contributed by atoms with E-state index in [1.807, 2.05) is 9.47 Å². The van der Waals surface area contributed by atoms with E-state index >= 15 is 0 Å². The van der Waals surface area contributed by atoms with Gasteiger partial charge in [0.2, 0.25) is 0 Å². The number of carbonyl (C=O) groups excluding carboxylic acids is 1. The second-order valence-corrected chi connectivity index (χ2v) is 6.37. The molecule has 1 unspecified atom stereocenters. The lowest BCUT2D eigenvalue weighted by molar-refractivity contribution is 0.0705. The molecule has 4 rings (SSSR count). The van der Waals surface area contributed by atoms with Crippen LogP contribution in [-0.2, 0) is 6.54 Å². The molecule has 0 saturated carbocycles. The minimum atomic E-state index is -0.303. The van der Waals surface area contributed by atoms with E-state index in [-0.39, 0.29) is 17.5 Å². The number of hydrogen-bond acceptors (Lipinski definition) is 4. The van der Waals surface area contributed by atoms with Crippen molar-refractivity contribution in [2.24, 2.45) is 0 Å². The zero-order valence-electron chi connectivity index (χ0n) is 14.0. The molecule has 0 radical (unpaired) electrons. The molecule has 8 nitrogen and oxygen atoms in total. The summed E-state index contributed by atoms with van der Waals surface area (Å²) in [5, 5.41) is 8.26. The van der Waals surface area contributed by atoms with Crippen LogP contribution in [0.15, 0.2) is 29.3 Å². The molecule has 1 aliphatic rings. The van der Waals surface area contributed by atoms with Crippen LogP contribution in [0.2, 0.25) is 0 Å². The Bertz CT molecular complexity index is 969. The Balaban J connectivity index is 1.62. The maximum Gasteiger partial charge on any atom is 0.323 e. The second-order valence-electron chi connectivity index (χ2n) is 6.37. The van der Waals surface area contributed by atoms with Gasteiger partial charge in [-0.25, -0.2) is 4.79 Å². The summed E-state index contributed by atoms with van der Waals surface area (Å²) in [4.78, 5) is 31.9. The Kier molecular flexibility index (Phi) is 3.87. The Morgan fingerprint density at radius 2 is 2.24 bits per heavy atom. The number of nitrogens with zero attached hydrogens (tertiary/aromatic N) is 4. The summed E-state index contributed by atoms with van der Waals surface area (Å²) in [6.07, 6.45) is 3.65. The highest BCUT2D eigenvalue weighted by Gasteiger charge is 2.29. The highest BCUT2D eigenvalue weighted by Crippen LogP contribution is 2.27. The molecular weight excluding hydrogens is 320 g/mol. The fraction of sp³-hybridized carbons (Fsp3) is 0.412. The highest BCUT2D eigenvalue weighted by molar-refractivity contribution is 6.04. The predicted molar refractivity (Wildman–Crippen MR) is 92.5 cm³/mol. The van der Waals surface area contributed by atoms with Gasteiger partial charge in [-0.05, 0) is 31.9 Å². The fourth-order valence-corrected chi connectivity index (χ4v) is 3.60. The van der Waals surface area contributed by atoms with Gasteiger partial charge < -0.3 is 19.4 Å². The maximum absolute atomic E-state index is 13.0. The number of hydrogen-bond donors (Lipinski definition) is 2. The van der Waals surface area contributed by atoms with Crippen molar-refractivity contribution in [3.05, 3.63) is 46.4 Å². The van der Waals surface area contributed by atoms with Crippen LogP contribution in [0.3, 0.4) is 0 Å². The summed E-state index contributed by atoms with van der Waals surface area (Å²) < 4.78 is 2.03. The lowest BCUT2D eigenvalue weighted by Gasteiger charge is -2.32. The number of aromatic nitrogens is 5. The van der Waals surface area contributed by atoms with Crippen molar-refractivity contribution >= 4 is 16.9 Å². The van der Waals surface area contributed by atoms with E-state index in [0.29, 0.717) is 29.7 Å². The Morgan fingerprint density at radius 3 is 3.08 bits per heavy atom. The van der Waals surface area contributed by atoms with Gasteiger partial charge in [0.15, 0.2) is 0 Å². The second kappa shape index (κ2) is 6.19. The van der Waals surface area contributed by atoms with Crippen LogP contribution < -0.4 is 5.69 Å². The SMILES string of the molecule is CCn1cnnc1C1CCCN(C(=O)c2cccc3[nH]c(=O)[nH]c23)C1. The first-order chi connectivity index (χ1) is 12.2. The van der Waals surface area contributed by atoms with Crippen molar-refractivity contribution in [1.29, 1.82) is 0 Å². The molecule has 130 valence electrons. The third kappa shape index (κ3) is 2.73. The number of para-hydroxylation sites is 1. The van der Waals surface area contributed by atoms with E-state index in [9.17, 15) is 9.59 Å².